The van der Waals surface area contributed by atoms with Gasteiger partial charge in [-0.25, -0.2) is 4.79 Å². The number of carbonyl (C=O) groups excluding carboxylic acids is 1. The Morgan fingerprint density at radius 3 is 2.73 bits per heavy atom. The van der Waals surface area contributed by atoms with Crippen LogP contribution < -0.4 is 10.6 Å². The molecule has 0 aromatic heterocycles. The third-order valence-electron chi connectivity index (χ3n) is 4.34. The molecule has 1 aromatic rings. The maximum absolute atomic E-state index is 12.1. The quantitative estimate of drug-likeness (QED) is 0.689. The van der Waals surface area contributed by atoms with E-state index in [0.717, 1.165) is 18.6 Å². The summed E-state index contributed by atoms with van der Waals surface area (Å²) in [6.07, 6.45) is 4.85. The summed E-state index contributed by atoms with van der Waals surface area (Å²) in [6, 6.07) is 8.31. The van der Waals surface area contributed by atoms with E-state index in [1.807, 2.05) is 6.26 Å². The van der Waals surface area contributed by atoms with Crippen molar-refractivity contribution >= 4 is 17.8 Å². The first-order valence-electron chi connectivity index (χ1n) is 7.81. The number of hydrogen-bond donors (Lipinski definition) is 3. The number of carbonyl (C=O) groups is 1. The minimum Gasteiger partial charge on any atom is -0.396 e. The molecular formula is C17H26N2O2S. The van der Waals surface area contributed by atoms with Gasteiger partial charge >= 0.3 is 6.03 Å². The van der Waals surface area contributed by atoms with Crippen molar-refractivity contribution in [1.82, 2.24) is 10.6 Å². The molecule has 1 fully saturated rings. The molecule has 0 aliphatic heterocycles. The maximum atomic E-state index is 12.1. The van der Waals surface area contributed by atoms with Gasteiger partial charge in [-0.15, -0.1) is 0 Å². The fourth-order valence-corrected chi connectivity index (χ4v) is 3.55. The van der Waals surface area contributed by atoms with E-state index in [-0.39, 0.29) is 24.1 Å². The first-order valence-corrected chi connectivity index (χ1v) is 9.21. The molecule has 1 aromatic carbocycles. The molecule has 4 nitrogen and oxygen atoms in total. The Hall–Kier alpha value is -1.20. The molecule has 22 heavy (non-hydrogen) atoms. The van der Waals surface area contributed by atoms with Crippen LogP contribution in [-0.2, 0) is 5.41 Å². The first-order chi connectivity index (χ1) is 10.6. The Morgan fingerprint density at radius 2 is 2.14 bits per heavy atom. The van der Waals surface area contributed by atoms with Crippen molar-refractivity contribution in [2.45, 2.75) is 37.6 Å². The maximum Gasteiger partial charge on any atom is 0.315 e. The van der Waals surface area contributed by atoms with Gasteiger partial charge in [0, 0.05) is 30.4 Å². The van der Waals surface area contributed by atoms with E-state index in [9.17, 15) is 4.79 Å². The molecule has 1 aliphatic rings. The molecule has 122 valence electrons. The number of aryl methyl sites for hydroxylation is 1. The van der Waals surface area contributed by atoms with Gasteiger partial charge in [0.2, 0.25) is 0 Å². The van der Waals surface area contributed by atoms with Gasteiger partial charge in [-0.2, -0.15) is 11.8 Å². The van der Waals surface area contributed by atoms with Crippen molar-refractivity contribution in [3.05, 3.63) is 35.4 Å². The third-order valence-corrected chi connectivity index (χ3v) is 5.07. The van der Waals surface area contributed by atoms with Crippen molar-refractivity contribution < 1.29 is 9.90 Å². The summed E-state index contributed by atoms with van der Waals surface area (Å²) >= 11 is 1.67. The van der Waals surface area contributed by atoms with Crippen LogP contribution in [-0.4, -0.2) is 42.3 Å². The molecule has 0 bridgehead atoms. The summed E-state index contributed by atoms with van der Waals surface area (Å²) in [5.74, 6) is 0.816. The fraction of sp³-hybridized carbons (Fsp3) is 0.588. The summed E-state index contributed by atoms with van der Waals surface area (Å²) in [6.45, 7) is 2.90. The lowest BCUT2D eigenvalue weighted by molar-refractivity contribution is 0.230. The van der Waals surface area contributed by atoms with Gasteiger partial charge in [0.15, 0.2) is 0 Å². The number of aliphatic hydroxyl groups is 1. The van der Waals surface area contributed by atoms with E-state index in [1.165, 1.54) is 11.1 Å². The Bertz CT molecular complexity index is 497. The highest BCUT2D eigenvalue weighted by molar-refractivity contribution is 7.98. The summed E-state index contributed by atoms with van der Waals surface area (Å²) in [5, 5.41) is 15.0. The number of urea groups is 1. The molecule has 3 N–H and O–H groups in total. The average molecular weight is 322 g/mol. The van der Waals surface area contributed by atoms with Crippen molar-refractivity contribution in [1.29, 1.82) is 0 Å². The van der Waals surface area contributed by atoms with Gasteiger partial charge in [-0.05, 0) is 43.6 Å². The molecular weight excluding hydrogens is 296 g/mol. The molecule has 1 aliphatic carbocycles. The SMILES string of the molecule is CSCC(CCO)NC(=O)NCC1(c2ccccc2C)CC1. The second-order valence-electron chi connectivity index (χ2n) is 6.09. The second kappa shape index (κ2) is 7.88. The third kappa shape index (κ3) is 4.40. The molecule has 2 rings (SSSR count). The lowest BCUT2D eigenvalue weighted by Crippen LogP contribution is -2.45. The minimum atomic E-state index is -0.132. The van der Waals surface area contributed by atoms with E-state index in [0.29, 0.717) is 13.0 Å². The standard InChI is InChI=1S/C17H26N2O2S/c1-13-5-3-4-6-15(13)17(8-9-17)12-18-16(21)19-14(7-10-20)11-22-2/h3-6,14,20H,7-12H2,1-2H3,(H2,18,19,21). The lowest BCUT2D eigenvalue weighted by atomic mass is 9.92. The van der Waals surface area contributed by atoms with Crippen LogP contribution in [0.4, 0.5) is 4.79 Å². The van der Waals surface area contributed by atoms with Crippen molar-refractivity contribution in [2.75, 3.05) is 25.2 Å². The average Bonchev–Trinajstić information content (AvgIpc) is 3.27. The van der Waals surface area contributed by atoms with Crippen LogP contribution >= 0.6 is 11.8 Å². The van der Waals surface area contributed by atoms with Crippen LogP contribution in [0, 0.1) is 6.92 Å². The predicted octanol–water partition coefficient (Wildman–Crippen LogP) is 2.44. The molecule has 0 saturated heterocycles. The van der Waals surface area contributed by atoms with Crippen molar-refractivity contribution in [2.24, 2.45) is 0 Å². The summed E-state index contributed by atoms with van der Waals surface area (Å²) in [5.41, 5.74) is 2.77. The summed E-state index contributed by atoms with van der Waals surface area (Å²) in [7, 11) is 0. The number of amides is 2. The molecule has 1 saturated carbocycles. The fourth-order valence-electron chi connectivity index (χ4n) is 2.90. The van der Waals surface area contributed by atoms with E-state index in [4.69, 9.17) is 5.11 Å². The van der Waals surface area contributed by atoms with E-state index in [2.05, 4.69) is 41.8 Å². The topological polar surface area (TPSA) is 61.4 Å². The van der Waals surface area contributed by atoms with Crippen LogP contribution in [0.5, 0.6) is 0 Å². The number of benzene rings is 1. The number of rotatable bonds is 8. The van der Waals surface area contributed by atoms with Crippen LogP contribution in [0.25, 0.3) is 0 Å². The van der Waals surface area contributed by atoms with E-state index >= 15 is 0 Å². The van der Waals surface area contributed by atoms with Gasteiger partial charge in [0.1, 0.15) is 0 Å². The number of aliphatic hydroxyl groups excluding tert-OH is 1. The molecule has 0 spiro atoms. The molecule has 5 heteroatoms. The van der Waals surface area contributed by atoms with Crippen LogP contribution in [0.1, 0.15) is 30.4 Å². The van der Waals surface area contributed by atoms with Gasteiger partial charge in [0.25, 0.3) is 0 Å². The molecule has 1 unspecified atom stereocenters. The van der Waals surface area contributed by atoms with Crippen molar-refractivity contribution in [3.63, 3.8) is 0 Å². The zero-order chi connectivity index (χ0) is 16.0. The minimum absolute atomic E-state index is 0.0219. The molecule has 2 amide bonds. The second-order valence-corrected chi connectivity index (χ2v) is 7.00. The van der Waals surface area contributed by atoms with Gasteiger partial charge < -0.3 is 15.7 Å². The Morgan fingerprint density at radius 1 is 1.41 bits per heavy atom. The highest BCUT2D eigenvalue weighted by Crippen LogP contribution is 2.48. The van der Waals surface area contributed by atoms with Crippen LogP contribution in [0.15, 0.2) is 24.3 Å². The normalized spacial score (nSPS) is 16.9. The Kier molecular flexibility index (Phi) is 6.15. The predicted molar refractivity (Wildman–Crippen MR) is 92.5 cm³/mol. The van der Waals surface area contributed by atoms with E-state index in [1.54, 1.807) is 11.8 Å². The summed E-state index contributed by atoms with van der Waals surface area (Å²) in [4.78, 5) is 12.1. The zero-order valence-electron chi connectivity index (χ0n) is 13.4. The first kappa shape index (κ1) is 17.2. The zero-order valence-corrected chi connectivity index (χ0v) is 14.2. The highest BCUT2D eigenvalue weighted by Gasteiger charge is 2.45. The Balaban J connectivity index is 1.87. The molecule has 0 radical (unpaired) electrons. The van der Waals surface area contributed by atoms with Crippen LogP contribution in [0.2, 0.25) is 0 Å². The van der Waals surface area contributed by atoms with Gasteiger partial charge in [-0.3, -0.25) is 0 Å². The largest absolute Gasteiger partial charge is 0.396 e. The monoisotopic (exact) mass is 322 g/mol. The van der Waals surface area contributed by atoms with E-state index < -0.39 is 0 Å². The number of thioether (sulfide) groups is 1. The Labute approximate surface area is 137 Å². The summed E-state index contributed by atoms with van der Waals surface area (Å²) < 4.78 is 0. The van der Waals surface area contributed by atoms with Gasteiger partial charge in [0.05, 0.1) is 0 Å². The number of nitrogens with one attached hydrogen (secondary N) is 2. The molecule has 0 heterocycles. The van der Waals surface area contributed by atoms with Gasteiger partial charge in [-0.1, -0.05) is 24.3 Å². The number of hydrogen-bond acceptors (Lipinski definition) is 3. The van der Waals surface area contributed by atoms with Crippen LogP contribution in [0.3, 0.4) is 0 Å². The smallest absolute Gasteiger partial charge is 0.315 e. The highest BCUT2D eigenvalue weighted by atomic mass is 32.2. The lowest BCUT2D eigenvalue weighted by Gasteiger charge is -2.21. The van der Waals surface area contributed by atoms with Crippen molar-refractivity contribution in [3.8, 4) is 0 Å². The molecule has 1 atom stereocenters.